The molecule has 4 aromatic rings. The number of benzene rings is 2. The lowest BCUT2D eigenvalue weighted by molar-refractivity contribution is -0.137. The highest BCUT2D eigenvalue weighted by Gasteiger charge is 2.24. The minimum atomic E-state index is -3.74. The first-order valence-electron chi connectivity index (χ1n) is 9.93. The molecule has 10 heteroatoms. The number of hydrogen-bond acceptors (Lipinski definition) is 5. The Morgan fingerprint density at radius 3 is 2.45 bits per heavy atom. The smallest absolute Gasteiger partial charge is 0.323 e. The average molecular weight is 469 g/mol. The van der Waals surface area contributed by atoms with Crippen molar-refractivity contribution in [1.29, 1.82) is 0 Å². The van der Waals surface area contributed by atoms with Gasteiger partial charge >= 0.3 is 5.97 Å². The van der Waals surface area contributed by atoms with Gasteiger partial charge in [0.1, 0.15) is 12.4 Å². The van der Waals surface area contributed by atoms with Gasteiger partial charge in [-0.25, -0.2) is 17.5 Å². The fourth-order valence-electron chi connectivity index (χ4n) is 3.86. The van der Waals surface area contributed by atoms with Crippen molar-refractivity contribution in [3.63, 3.8) is 0 Å². The predicted octanol–water partition coefficient (Wildman–Crippen LogP) is 2.85. The van der Waals surface area contributed by atoms with E-state index in [2.05, 4.69) is 5.10 Å². The number of rotatable bonds is 6. The van der Waals surface area contributed by atoms with Crippen LogP contribution in [0.15, 0.2) is 64.3 Å². The van der Waals surface area contributed by atoms with Gasteiger partial charge in [0.15, 0.2) is 9.84 Å². The summed E-state index contributed by atoms with van der Waals surface area (Å²) in [5.41, 5.74) is 1.49. The van der Waals surface area contributed by atoms with Gasteiger partial charge in [-0.15, -0.1) is 0 Å². The Balaban J connectivity index is 2.00. The fraction of sp³-hybridized carbons (Fsp3) is 0.174. The molecule has 0 saturated carbocycles. The molecule has 0 aliphatic rings. The molecule has 2 aromatic heterocycles. The number of nitrogens with zero attached hydrogens (tertiary/aromatic N) is 3. The van der Waals surface area contributed by atoms with Crippen molar-refractivity contribution in [2.45, 2.75) is 24.9 Å². The lowest BCUT2D eigenvalue weighted by Crippen LogP contribution is -2.22. The topological polar surface area (TPSA) is 111 Å². The molecule has 170 valence electrons. The Hall–Kier alpha value is -3.79. The van der Waals surface area contributed by atoms with Gasteiger partial charge < -0.3 is 9.67 Å². The molecule has 2 aromatic carbocycles. The highest BCUT2D eigenvalue weighted by molar-refractivity contribution is 7.90. The van der Waals surface area contributed by atoms with Gasteiger partial charge in [0, 0.05) is 29.0 Å². The largest absolute Gasteiger partial charge is 0.480 e. The van der Waals surface area contributed by atoms with Crippen molar-refractivity contribution in [3.8, 4) is 11.3 Å². The number of aliphatic carboxylic acids is 1. The van der Waals surface area contributed by atoms with E-state index in [0.29, 0.717) is 17.0 Å². The van der Waals surface area contributed by atoms with Gasteiger partial charge in [-0.1, -0.05) is 30.3 Å². The van der Waals surface area contributed by atoms with Gasteiger partial charge in [0.2, 0.25) is 0 Å². The van der Waals surface area contributed by atoms with Gasteiger partial charge in [-0.05, 0) is 30.7 Å². The van der Waals surface area contributed by atoms with E-state index in [1.54, 1.807) is 6.92 Å². The van der Waals surface area contributed by atoms with Crippen LogP contribution in [0.3, 0.4) is 0 Å². The number of carboxylic acids is 1. The molecule has 0 aliphatic heterocycles. The summed E-state index contributed by atoms with van der Waals surface area (Å²) in [4.78, 5) is 23.6. The highest BCUT2D eigenvalue weighted by Crippen LogP contribution is 2.36. The molecule has 8 nitrogen and oxygen atoms in total. The van der Waals surface area contributed by atoms with Crippen LogP contribution >= 0.6 is 0 Å². The van der Waals surface area contributed by atoms with E-state index in [1.807, 2.05) is 30.3 Å². The monoisotopic (exact) mass is 469 g/mol. The maximum absolute atomic E-state index is 15.1. The Morgan fingerprint density at radius 2 is 1.82 bits per heavy atom. The average Bonchev–Trinajstić information content (AvgIpc) is 3.01. The van der Waals surface area contributed by atoms with Crippen LogP contribution < -0.4 is 5.56 Å². The summed E-state index contributed by atoms with van der Waals surface area (Å²) >= 11 is 0. The molecular formula is C23H20FN3O5S. The van der Waals surface area contributed by atoms with E-state index < -0.39 is 28.2 Å². The fourth-order valence-corrected chi connectivity index (χ4v) is 4.51. The maximum Gasteiger partial charge on any atom is 0.323 e. The Bertz CT molecular complexity index is 1560. The van der Waals surface area contributed by atoms with E-state index in [9.17, 15) is 23.1 Å². The summed E-state index contributed by atoms with van der Waals surface area (Å²) in [5, 5.41) is 14.0. The zero-order chi connectivity index (χ0) is 23.9. The Morgan fingerprint density at radius 1 is 1.12 bits per heavy atom. The molecule has 0 radical (unpaired) electrons. The van der Waals surface area contributed by atoms with Crippen LogP contribution in [0.5, 0.6) is 0 Å². The molecule has 2 heterocycles. The van der Waals surface area contributed by atoms with Crippen LogP contribution in [0, 0.1) is 12.7 Å². The molecule has 0 spiro atoms. The minimum absolute atomic E-state index is 0.0418. The van der Waals surface area contributed by atoms with Crippen molar-refractivity contribution in [1.82, 2.24) is 14.3 Å². The van der Waals surface area contributed by atoms with Gasteiger partial charge in [0.05, 0.1) is 22.7 Å². The zero-order valence-electron chi connectivity index (χ0n) is 17.8. The first kappa shape index (κ1) is 22.4. The van der Waals surface area contributed by atoms with Crippen LogP contribution in [-0.2, 0) is 27.7 Å². The Kier molecular flexibility index (Phi) is 5.62. The molecule has 0 aliphatic carbocycles. The lowest BCUT2D eigenvalue weighted by atomic mass is 10.1. The third kappa shape index (κ3) is 4.29. The van der Waals surface area contributed by atoms with Gasteiger partial charge in [0.25, 0.3) is 5.56 Å². The normalized spacial score (nSPS) is 11.7. The number of carboxylic acid groups (broad SMARTS) is 1. The summed E-state index contributed by atoms with van der Waals surface area (Å²) < 4.78 is 41.8. The molecule has 0 saturated heterocycles. The lowest BCUT2D eigenvalue weighted by Gasteiger charge is -2.08. The first-order chi connectivity index (χ1) is 15.6. The zero-order valence-corrected chi connectivity index (χ0v) is 18.6. The summed E-state index contributed by atoms with van der Waals surface area (Å²) in [6.45, 7) is 1.27. The molecule has 0 bridgehead atoms. The van der Waals surface area contributed by atoms with Crippen molar-refractivity contribution >= 4 is 26.7 Å². The molecule has 33 heavy (non-hydrogen) atoms. The second kappa shape index (κ2) is 8.28. The van der Waals surface area contributed by atoms with Crippen LogP contribution in [0.4, 0.5) is 4.39 Å². The second-order valence-corrected chi connectivity index (χ2v) is 9.73. The summed E-state index contributed by atoms with van der Waals surface area (Å²) in [5.74, 6) is -2.05. The molecular weight excluding hydrogens is 449 g/mol. The SMILES string of the molecule is Cc1c(-c2ccc(=O)n(Cc3ccccc3)n2)c2cc(S(C)(=O)=O)cc(F)c2n1CC(=O)O. The molecule has 0 unspecified atom stereocenters. The third-order valence-electron chi connectivity index (χ3n) is 5.36. The number of fused-ring (bicyclic) bond motifs is 1. The number of hydrogen-bond donors (Lipinski definition) is 1. The maximum atomic E-state index is 15.1. The predicted molar refractivity (Wildman–Crippen MR) is 120 cm³/mol. The van der Waals surface area contributed by atoms with Crippen LogP contribution in [0.25, 0.3) is 22.2 Å². The van der Waals surface area contributed by atoms with Crippen LogP contribution in [0.1, 0.15) is 11.3 Å². The van der Waals surface area contributed by atoms with Crippen molar-refractivity contribution < 1.29 is 22.7 Å². The first-order valence-corrected chi connectivity index (χ1v) is 11.8. The van der Waals surface area contributed by atoms with E-state index in [4.69, 9.17) is 0 Å². The number of carbonyl (C=O) groups is 1. The molecule has 0 fully saturated rings. The molecule has 1 N–H and O–H groups in total. The highest BCUT2D eigenvalue weighted by atomic mass is 32.2. The summed E-state index contributed by atoms with van der Waals surface area (Å²) in [6, 6.07) is 14.2. The van der Waals surface area contributed by atoms with E-state index in [1.165, 1.54) is 27.4 Å². The van der Waals surface area contributed by atoms with Gasteiger partial charge in [-0.3, -0.25) is 9.59 Å². The van der Waals surface area contributed by atoms with Crippen LogP contribution in [0.2, 0.25) is 0 Å². The molecule has 0 amide bonds. The van der Waals surface area contributed by atoms with Crippen LogP contribution in [-0.4, -0.2) is 40.1 Å². The second-order valence-electron chi connectivity index (χ2n) is 7.71. The molecule has 0 atom stereocenters. The molecule has 4 rings (SSSR count). The van der Waals surface area contributed by atoms with E-state index >= 15 is 4.39 Å². The standard InChI is InChI=1S/C23H20FN3O5S/c1-14-22(19-8-9-20(28)27(25-19)12-15-6-4-3-5-7-15)17-10-16(33(2,31)32)11-18(24)23(17)26(14)13-21(29)30/h3-11H,12-13H2,1-2H3,(H,29,30). The Labute approximate surface area is 188 Å². The van der Waals surface area contributed by atoms with Crippen molar-refractivity contribution in [3.05, 3.63) is 82.0 Å². The summed E-state index contributed by atoms with van der Waals surface area (Å²) in [6.07, 6.45) is 0.965. The quantitative estimate of drug-likeness (QED) is 0.465. The van der Waals surface area contributed by atoms with Gasteiger partial charge in [-0.2, -0.15) is 5.10 Å². The number of sulfone groups is 1. The minimum Gasteiger partial charge on any atom is -0.480 e. The third-order valence-corrected chi connectivity index (χ3v) is 6.45. The number of aromatic nitrogens is 3. The van der Waals surface area contributed by atoms with E-state index in [-0.39, 0.29) is 27.9 Å². The van der Waals surface area contributed by atoms with Crippen molar-refractivity contribution in [2.24, 2.45) is 0 Å². The summed E-state index contributed by atoms with van der Waals surface area (Å²) in [7, 11) is -3.74. The van der Waals surface area contributed by atoms with Crippen molar-refractivity contribution in [2.75, 3.05) is 6.26 Å². The number of halogens is 1. The van der Waals surface area contributed by atoms with E-state index in [0.717, 1.165) is 17.9 Å².